The molecule has 150 valence electrons. The summed E-state index contributed by atoms with van der Waals surface area (Å²) < 4.78 is 23.2. The number of hydrogen-bond donors (Lipinski definition) is 1. The molecule has 0 atom stereocenters. The molecular weight excluding hydrogens is 364 g/mol. The number of carbonyl (C=O) groups excluding carboxylic acids is 1. The highest BCUT2D eigenvalue weighted by molar-refractivity contribution is 7.47. The number of hydrogen-bond acceptors (Lipinski definition) is 5. The molecule has 1 aromatic rings. The van der Waals surface area contributed by atoms with E-state index >= 15 is 0 Å². The molecule has 0 aromatic heterocycles. The molecule has 0 spiro atoms. The van der Waals surface area contributed by atoms with Crippen LogP contribution < -0.4 is 10.8 Å². The predicted molar refractivity (Wildman–Crippen MR) is 109 cm³/mol. The predicted octanol–water partition coefficient (Wildman–Crippen LogP) is 3.37. The van der Waals surface area contributed by atoms with Crippen molar-refractivity contribution in [2.24, 2.45) is 0 Å². The van der Waals surface area contributed by atoms with Crippen molar-refractivity contribution in [2.75, 3.05) is 19.5 Å². The van der Waals surface area contributed by atoms with Gasteiger partial charge in [0.05, 0.1) is 30.7 Å². The van der Waals surface area contributed by atoms with Crippen LogP contribution in [0.15, 0.2) is 18.2 Å². The van der Waals surface area contributed by atoms with Gasteiger partial charge in [-0.25, -0.2) is 0 Å². The molecule has 1 aromatic carbocycles. The standard InChI is InChI=1S/C19H31BNO5P/c1-8-23-27(24-9-2)13-21-17(22)16-11-10-15(12-14(16)3)20-25-18(4,5)19(6,7)26-20/h10-12H,8-9,13H2,1-7H3,(H,21,22). The summed E-state index contributed by atoms with van der Waals surface area (Å²) in [5.41, 5.74) is 1.62. The van der Waals surface area contributed by atoms with Crippen LogP contribution in [0.25, 0.3) is 0 Å². The van der Waals surface area contributed by atoms with Gasteiger partial charge in [0.15, 0.2) is 8.38 Å². The van der Waals surface area contributed by atoms with E-state index in [4.69, 9.17) is 18.4 Å². The van der Waals surface area contributed by atoms with E-state index in [2.05, 4.69) is 5.32 Å². The van der Waals surface area contributed by atoms with Crippen molar-refractivity contribution in [3.05, 3.63) is 29.3 Å². The van der Waals surface area contributed by atoms with Gasteiger partial charge < -0.3 is 23.7 Å². The zero-order valence-electron chi connectivity index (χ0n) is 17.4. The number of carbonyl (C=O) groups is 1. The highest BCUT2D eigenvalue weighted by Crippen LogP contribution is 2.37. The fourth-order valence-corrected chi connectivity index (χ4v) is 3.82. The second kappa shape index (κ2) is 9.02. The van der Waals surface area contributed by atoms with Crippen LogP contribution in [0, 0.1) is 6.92 Å². The van der Waals surface area contributed by atoms with E-state index in [9.17, 15) is 4.79 Å². The number of aryl methyl sites for hydroxylation is 1. The number of benzene rings is 1. The zero-order valence-corrected chi connectivity index (χ0v) is 18.3. The fourth-order valence-electron chi connectivity index (χ4n) is 2.72. The summed E-state index contributed by atoms with van der Waals surface area (Å²) in [6, 6.07) is 5.65. The fraction of sp³-hybridized carbons (Fsp3) is 0.632. The average Bonchev–Trinajstić information content (AvgIpc) is 2.80. The van der Waals surface area contributed by atoms with E-state index < -0.39 is 26.7 Å². The molecule has 1 aliphatic heterocycles. The van der Waals surface area contributed by atoms with Crippen molar-refractivity contribution in [3.63, 3.8) is 0 Å². The summed E-state index contributed by atoms with van der Waals surface area (Å²) in [6.07, 6.45) is 0.369. The summed E-state index contributed by atoms with van der Waals surface area (Å²) in [5, 5.41) is 2.90. The van der Waals surface area contributed by atoms with Gasteiger partial charge in [0.1, 0.15) is 0 Å². The molecule has 1 saturated heterocycles. The summed E-state index contributed by atoms with van der Waals surface area (Å²) in [7, 11) is -1.54. The Labute approximate surface area is 164 Å². The molecule has 1 N–H and O–H groups in total. The van der Waals surface area contributed by atoms with Crippen LogP contribution >= 0.6 is 8.38 Å². The van der Waals surface area contributed by atoms with Crippen LogP contribution in [0.4, 0.5) is 0 Å². The minimum Gasteiger partial charge on any atom is -0.399 e. The van der Waals surface area contributed by atoms with Gasteiger partial charge in [-0.15, -0.1) is 0 Å². The molecule has 0 aliphatic carbocycles. The molecule has 1 fully saturated rings. The van der Waals surface area contributed by atoms with Crippen molar-refractivity contribution in [1.29, 1.82) is 0 Å². The molecule has 0 unspecified atom stereocenters. The second-order valence-electron chi connectivity index (χ2n) is 7.49. The Morgan fingerprint density at radius 1 is 1.11 bits per heavy atom. The quantitative estimate of drug-likeness (QED) is 0.540. The first-order valence-corrected chi connectivity index (χ1v) is 10.7. The van der Waals surface area contributed by atoms with Crippen LogP contribution in [0.3, 0.4) is 0 Å². The Hall–Kier alpha value is -0.975. The maximum Gasteiger partial charge on any atom is 0.494 e. The van der Waals surface area contributed by atoms with Gasteiger partial charge in [0.2, 0.25) is 0 Å². The second-order valence-corrected chi connectivity index (χ2v) is 8.99. The van der Waals surface area contributed by atoms with Gasteiger partial charge in [0, 0.05) is 5.56 Å². The molecule has 2 rings (SSSR count). The summed E-state index contributed by atoms with van der Waals surface area (Å²) in [6.45, 7) is 15.0. The first-order chi connectivity index (χ1) is 12.6. The Morgan fingerprint density at radius 3 is 2.15 bits per heavy atom. The molecule has 1 amide bonds. The van der Waals surface area contributed by atoms with Crippen molar-refractivity contribution in [2.45, 2.75) is 59.7 Å². The maximum atomic E-state index is 12.5. The van der Waals surface area contributed by atoms with E-state index in [0.717, 1.165) is 11.0 Å². The Bertz CT molecular complexity index is 646. The van der Waals surface area contributed by atoms with E-state index in [1.54, 1.807) is 0 Å². The number of rotatable bonds is 8. The highest BCUT2D eigenvalue weighted by Gasteiger charge is 2.51. The maximum absolute atomic E-state index is 12.5. The smallest absolute Gasteiger partial charge is 0.399 e. The molecule has 1 aliphatic rings. The lowest BCUT2D eigenvalue weighted by Gasteiger charge is -2.32. The Kier molecular flexibility index (Phi) is 7.45. The molecular formula is C19H31BNO5P. The van der Waals surface area contributed by atoms with Gasteiger partial charge >= 0.3 is 7.12 Å². The lowest BCUT2D eigenvalue weighted by Crippen LogP contribution is -2.41. The zero-order chi connectivity index (χ0) is 20.2. The average molecular weight is 395 g/mol. The summed E-state index contributed by atoms with van der Waals surface area (Å²) in [4.78, 5) is 12.5. The Balaban J connectivity index is 2.05. The van der Waals surface area contributed by atoms with Crippen molar-refractivity contribution < 1.29 is 23.2 Å². The third-order valence-corrected chi connectivity index (χ3v) is 6.44. The van der Waals surface area contributed by atoms with Crippen LogP contribution in [0.1, 0.15) is 57.5 Å². The van der Waals surface area contributed by atoms with E-state index in [1.165, 1.54) is 0 Å². The molecule has 0 saturated carbocycles. The van der Waals surface area contributed by atoms with Crippen LogP contribution in [-0.2, 0) is 18.4 Å². The SMILES string of the molecule is CCOP(CNC(=O)c1ccc(B2OC(C)(C)C(C)(C)O2)cc1C)OCC. The first-order valence-electron chi connectivity index (χ1n) is 9.39. The van der Waals surface area contributed by atoms with Crippen LogP contribution in [0.5, 0.6) is 0 Å². The van der Waals surface area contributed by atoms with Gasteiger partial charge in [-0.2, -0.15) is 0 Å². The Morgan fingerprint density at radius 2 is 1.67 bits per heavy atom. The summed E-state index contributed by atoms with van der Waals surface area (Å²) >= 11 is 0. The normalized spacial score (nSPS) is 18.1. The van der Waals surface area contributed by atoms with Gasteiger partial charge in [0.25, 0.3) is 5.91 Å². The van der Waals surface area contributed by atoms with Crippen LogP contribution in [-0.4, -0.2) is 43.7 Å². The van der Waals surface area contributed by atoms with E-state index in [0.29, 0.717) is 25.1 Å². The molecule has 0 bridgehead atoms. The molecule has 0 radical (unpaired) electrons. The monoisotopic (exact) mass is 395 g/mol. The highest BCUT2D eigenvalue weighted by atomic mass is 31.2. The van der Waals surface area contributed by atoms with Gasteiger partial charge in [-0.05, 0) is 65.6 Å². The van der Waals surface area contributed by atoms with E-state index in [-0.39, 0.29) is 5.91 Å². The minimum absolute atomic E-state index is 0.139. The first kappa shape index (κ1) is 22.3. The van der Waals surface area contributed by atoms with Crippen molar-refractivity contribution in [1.82, 2.24) is 5.32 Å². The van der Waals surface area contributed by atoms with Crippen molar-refractivity contribution >= 4 is 26.9 Å². The third-order valence-electron chi connectivity index (χ3n) is 4.94. The lowest BCUT2D eigenvalue weighted by molar-refractivity contribution is 0.00578. The van der Waals surface area contributed by atoms with Crippen LogP contribution in [0.2, 0.25) is 0 Å². The number of nitrogens with one attached hydrogen (secondary N) is 1. The molecule has 1 heterocycles. The van der Waals surface area contributed by atoms with Gasteiger partial charge in [-0.3, -0.25) is 4.79 Å². The lowest BCUT2D eigenvalue weighted by atomic mass is 9.78. The molecule has 8 heteroatoms. The third kappa shape index (κ3) is 5.30. The van der Waals surface area contributed by atoms with Gasteiger partial charge in [-0.1, -0.05) is 12.1 Å². The molecule has 6 nitrogen and oxygen atoms in total. The number of amides is 1. The minimum atomic E-state index is -1.10. The van der Waals surface area contributed by atoms with E-state index in [1.807, 2.05) is 66.7 Å². The topological polar surface area (TPSA) is 66.0 Å². The largest absolute Gasteiger partial charge is 0.494 e. The molecule has 27 heavy (non-hydrogen) atoms. The van der Waals surface area contributed by atoms with Crippen molar-refractivity contribution in [3.8, 4) is 0 Å². The summed E-state index contributed by atoms with van der Waals surface area (Å²) in [5.74, 6) is -0.139.